The summed E-state index contributed by atoms with van der Waals surface area (Å²) >= 11 is 0. The molecule has 2 aliphatic heterocycles. The number of hydrogen-bond donors (Lipinski definition) is 0. The lowest BCUT2D eigenvalue weighted by Crippen LogP contribution is -2.51. The number of likely N-dealkylation sites (tertiary alicyclic amines) is 1. The van der Waals surface area contributed by atoms with Gasteiger partial charge in [0.1, 0.15) is 11.9 Å². The highest BCUT2D eigenvalue weighted by atomic mass is 16.5. The summed E-state index contributed by atoms with van der Waals surface area (Å²) in [5.41, 5.74) is 0. The summed E-state index contributed by atoms with van der Waals surface area (Å²) in [4.78, 5) is 49.5. The number of aromatic nitrogens is 1. The summed E-state index contributed by atoms with van der Waals surface area (Å²) in [6.45, 7) is 6.22. The molecule has 1 aromatic heterocycles. The van der Waals surface area contributed by atoms with Gasteiger partial charge in [0.15, 0.2) is 0 Å². The predicted octanol–water partition coefficient (Wildman–Crippen LogP) is 4.43. The van der Waals surface area contributed by atoms with Crippen molar-refractivity contribution in [1.29, 1.82) is 0 Å². The van der Waals surface area contributed by atoms with Crippen LogP contribution in [0.5, 0.6) is 0 Å². The Kier molecular flexibility index (Phi) is 11.0. The number of amides is 2. The molecule has 3 heterocycles. The SMILES string of the molecule is CCCCCCCCCC(=O)OC(CN1CCN(c2ccccn2)CC1)CN1C(=O)[C@H]2CCCC[C@H]2C1=O. The monoisotopic (exact) mass is 526 g/mol. The number of fused-ring (bicyclic) bond motifs is 1. The van der Waals surface area contributed by atoms with Crippen LogP contribution >= 0.6 is 0 Å². The first kappa shape index (κ1) is 28.5. The second-order valence-electron chi connectivity index (χ2n) is 11.2. The molecule has 2 amide bonds. The minimum atomic E-state index is -0.499. The molecule has 3 fully saturated rings. The maximum Gasteiger partial charge on any atom is 0.306 e. The van der Waals surface area contributed by atoms with Crippen molar-refractivity contribution in [3.8, 4) is 0 Å². The molecule has 1 aliphatic carbocycles. The first-order valence-electron chi connectivity index (χ1n) is 15.0. The average Bonchev–Trinajstić information content (AvgIpc) is 3.18. The second-order valence-corrected chi connectivity index (χ2v) is 11.2. The zero-order valence-electron chi connectivity index (χ0n) is 23.2. The highest BCUT2D eigenvalue weighted by Crippen LogP contribution is 2.38. The lowest BCUT2D eigenvalue weighted by atomic mass is 9.81. The maximum atomic E-state index is 13.1. The van der Waals surface area contributed by atoms with Gasteiger partial charge in [0.05, 0.1) is 18.4 Å². The second kappa shape index (κ2) is 14.6. The van der Waals surface area contributed by atoms with Crippen LogP contribution in [0.3, 0.4) is 0 Å². The van der Waals surface area contributed by atoms with Crippen LogP contribution in [0.2, 0.25) is 0 Å². The molecule has 38 heavy (non-hydrogen) atoms. The smallest absolute Gasteiger partial charge is 0.306 e. The Morgan fingerprint density at radius 1 is 0.921 bits per heavy atom. The van der Waals surface area contributed by atoms with E-state index in [9.17, 15) is 14.4 Å². The van der Waals surface area contributed by atoms with E-state index in [2.05, 4.69) is 21.7 Å². The molecule has 0 radical (unpaired) electrons. The Morgan fingerprint density at radius 2 is 1.58 bits per heavy atom. The van der Waals surface area contributed by atoms with E-state index < -0.39 is 6.10 Å². The minimum Gasteiger partial charge on any atom is -0.459 e. The van der Waals surface area contributed by atoms with E-state index in [0.29, 0.717) is 13.0 Å². The summed E-state index contributed by atoms with van der Waals surface area (Å²) < 4.78 is 5.97. The van der Waals surface area contributed by atoms with Gasteiger partial charge in [-0.05, 0) is 31.4 Å². The summed E-state index contributed by atoms with van der Waals surface area (Å²) in [6.07, 6.45) is 13.3. The summed E-state index contributed by atoms with van der Waals surface area (Å²) in [5.74, 6) is 0.276. The maximum absolute atomic E-state index is 13.1. The lowest BCUT2D eigenvalue weighted by Gasteiger charge is -2.37. The predicted molar refractivity (Wildman–Crippen MR) is 148 cm³/mol. The first-order valence-corrected chi connectivity index (χ1v) is 15.0. The van der Waals surface area contributed by atoms with Gasteiger partial charge in [0.25, 0.3) is 0 Å². The standard InChI is InChI=1S/C30H46N4O4/c1-2-3-4-5-6-7-8-16-28(35)38-24(23-34-29(36)25-13-9-10-14-26(25)30(34)37)22-32-18-20-33(21-19-32)27-15-11-12-17-31-27/h11-12,15,17,24-26H,2-10,13-14,16,18-23H2,1H3/t24?,25-,26+. The number of rotatable bonds is 14. The highest BCUT2D eigenvalue weighted by molar-refractivity contribution is 6.05. The van der Waals surface area contributed by atoms with Crippen molar-refractivity contribution in [3.05, 3.63) is 24.4 Å². The average molecular weight is 527 g/mol. The minimum absolute atomic E-state index is 0.0622. The number of ether oxygens (including phenoxy) is 1. The zero-order chi connectivity index (χ0) is 26.7. The van der Waals surface area contributed by atoms with Crippen LogP contribution in [0, 0.1) is 11.8 Å². The molecular weight excluding hydrogens is 480 g/mol. The molecule has 0 bridgehead atoms. The molecule has 8 heteroatoms. The number of carbonyl (C=O) groups excluding carboxylic acids is 3. The van der Waals surface area contributed by atoms with E-state index in [-0.39, 0.29) is 36.2 Å². The van der Waals surface area contributed by atoms with Crippen LogP contribution in [-0.4, -0.2) is 77.9 Å². The largest absolute Gasteiger partial charge is 0.459 e. The number of nitrogens with zero attached hydrogens (tertiary/aromatic N) is 4. The highest BCUT2D eigenvalue weighted by Gasteiger charge is 2.48. The number of carbonyl (C=O) groups is 3. The number of unbranched alkanes of at least 4 members (excludes halogenated alkanes) is 6. The molecule has 2 saturated heterocycles. The number of piperazine rings is 1. The van der Waals surface area contributed by atoms with Crippen molar-refractivity contribution in [1.82, 2.24) is 14.8 Å². The van der Waals surface area contributed by atoms with Crippen molar-refractivity contribution in [3.63, 3.8) is 0 Å². The van der Waals surface area contributed by atoms with Gasteiger partial charge >= 0.3 is 5.97 Å². The van der Waals surface area contributed by atoms with E-state index >= 15 is 0 Å². The van der Waals surface area contributed by atoms with E-state index in [1.807, 2.05) is 24.4 Å². The molecule has 1 unspecified atom stereocenters. The van der Waals surface area contributed by atoms with E-state index in [0.717, 1.165) is 76.9 Å². The topological polar surface area (TPSA) is 83.1 Å². The van der Waals surface area contributed by atoms with Crippen molar-refractivity contribution in [2.75, 3.05) is 44.2 Å². The van der Waals surface area contributed by atoms with Crippen LogP contribution in [0.4, 0.5) is 5.82 Å². The molecule has 3 atom stereocenters. The van der Waals surface area contributed by atoms with Crippen LogP contribution in [0.1, 0.15) is 84.0 Å². The van der Waals surface area contributed by atoms with Crippen LogP contribution in [0.25, 0.3) is 0 Å². The number of hydrogen-bond acceptors (Lipinski definition) is 7. The first-order chi connectivity index (χ1) is 18.6. The van der Waals surface area contributed by atoms with Gasteiger partial charge in [-0.25, -0.2) is 4.98 Å². The van der Waals surface area contributed by atoms with Crippen molar-refractivity contribution in [2.24, 2.45) is 11.8 Å². The molecule has 1 aromatic rings. The molecule has 4 rings (SSSR count). The Balaban J connectivity index is 1.31. The molecule has 210 valence electrons. The Labute approximate surface area is 228 Å². The third kappa shape index (κ3) is 7.78. The molecule has 8 nitrogen and oxygen atoms in total. The number of anilines is 1. The third-order valence-electron chi connectivity index (χ3n) is 8.41. The van der Waals surface area contributed by atoms with Gasteiger partial charge in [0.2, 0.25) is 11.8 Å². The Morgan fingerprint density at radius 3 is 2.21 bits per heavy atom. The molecule has 1 saturated carbocycles. The fraction of sp³-hybridized carbons (Fsp3) is 0.733. The van der Waals surface area contributed by atoms with Gasteiger partial charge in [0, 0.05) is 45.3 Å². The van der Waals surface area contributed by atoms with Crippen molar-refractivity contribution in [2.45, 2.75) is 90.1 Å². The van der Waals surface area contributed by atoms with E-state index in [1.165, 1.54) is 30.6 Å². The zero-order valence-corrected chi connectivity index (χ0v) is 23.2. The quantitative estimate of drug-likeness (QED) is 0.201. The van der Waals surface area contributed by atoms with Crippen LogP contribution in [0.15, 0.2) is 24.4 Å². The number of imide groups is 1. The van der Waals surface area contributed by atoms with Crippen molar-refractivity contribution < 1.29 is 19.1 Å². The number of esters is 1. The molecule has 0 spiro atoms. The van der Waals surface area contributed by atoms with E-state index in [1.54, 1.807) is 0 Å². The van der Waals surface area contributed by atoms with Gasteiger partial charge in [-0.1, -0.05) is 64.4 Å². The summed E-state index contributed by atoms with van der Waals surface area (Å²) in [5, 5.41) is 0. The van der Waals surface area contributed by atoms with Gasteiger partial charge in [-0.2, -0.15) is 0 Å². The molecule has 0 aromatic carbocycles. The fourth-order valence-corrected chi connectivity index (χ4v) is 6.21. The summed E-state index contributed by atoms with van der Waals surface area (Å²) in [6, 6.07) is 5.94. The summed E-state index contributed by atoms with van der Waals surface area (Å²) in [7, 11) is 0. The van der Waals surface area contributed by atoms with Gasteiger partial charge in [-0.15, -0.1) is 0 Å². The van der Waals surface area contributed by atoms with Gasteiger partial charge in [-0.3, -0.25) is 24.2 Å². The Hall–Kier alpha value is -2.48. The van der Waals surface area contributed by atoms with Crippen LogP contribution in [-0.2, 0) is 19.1 Å². The van der Waals surface area contributed by atoms with Crippen LogP contribution < -0.4 is 4.90 Å². The number of pyridine rings is 1. The molecule has 3 aliphatic rings. The van der Waals surface area contributed by atoms with Crippen molar-refractivity contribution >= 4 is 23.6 Å². The normalized spacial score (nSPS) is 23.0. The Bertz CT molecular complexity index is 879. The third-order valence-corrected chi connectivity index (χ3v) is 8.41. The van der Waals surface area contributed by atoms with Gasteiger partial charge < -0.3 is 9.64 Å². The molecule has 0 N–H and O–H groups in total. The van der Waals surface area contributed by atoms with E-state index in [4.69, 9.17) is 4.74 Å². The molecular formula is C30H46N4O4. The fourth-order valence-electron chi connectivity index (χ4n) is 6.21. The lowest BCUT2D eigenvalue weighted by molar-refractivity contribution is -0.155.